The fourth-order valence-electron chi connectivity index (χ4n) is 3.92. The van der Waals surface area contributed by atoms with Crippen molar-refractivity contribution in [2.45, 2.75) is 44.1 Å². The lowest BCUT2D eigenvalue weighted by Gasteiger charge is -2.13. The van der Waals surface area contributed by atoms with Gasteiger partial charge in [-0.2, -0.15) is 0 Å². The molecule has 2 aromatic carbocycles. The van der Waals surface area contributed by atoms with Gasteiger partial charge in [-0.1, -0.05) is 42.6 Å². The lowest BCUT2D eigenvalue weighted by atomic mass is 9.98. The summed E-state index contributed by atoms with van der Waals surface area (Å²) in [5, 5.41) is 2.77. The Labute approximate surface area is 180 Å². The van der Waals surface area contributed by atoms with Gasteiger partial charge in [0.25, 0.3) is 5.91 Å². The molecule has 1 atom stereocenters. The monoisotopic (exact) mass is 429 g/mol. The number of carbonyl (C=O) groups excluding carboxylic acids is 2. The molecule has 2 aromatic rings. The molecule has 1 aliphatic heterocycles. The van der Waals surface area contributed by atoms with Gasteiger partial charge in [-0.3, -0.25) is 10.1 Å². The van der Waals surface area contributed by atoms with Gasteiger partial charge in [0.2, 0.25) is 6.10 Å². The van der Waals surface area contributed by atoms with Crippen molar-refractivity contribution in [2.75, 3.05) is 13.2 Å². The molecule has 0 bridgehead atoms. The number of halogens is 1. The smallest absolute Gasteiger partial charge is 0.415 e. The predicted octanol–water partition coefficient (Wildman–Crippen LogP) is 5.15. The molecule has 30 heavy (non-hydrogen) atoms. The number of imide groups is 1. The molecule has 158 valence electrons. The van der Waals surface area contributed by atoms with Crippen LogP contribution in [0.5, 0.6) is 11.5 Å². The van der Waals surface area contributed by atoms with E-state index in [0.29, 0.717) is 47.6 Å². The van der Waals surface area contributed by atoms with Crippen molar-refractivity contribution in [2.24, 2.45) is 0 Å². The Kier molecular flexibility index (Phi) is 6.43. The molecule has 0 spiro atoms. The molecule has 6 nitrogen and oxygen atoms in total. The first-order chi connectivity index (χ1) is 14.6. The van der Waals surface area contributed by atoms with Crippen molar-refractivity contribution in [3.8, 4) is 11.5 Å². The highest BCUT2D eigenvalue weighted by atomic mass is 35.5. The van der Waals surface area contributed by atoms with E-state index in [1.807, 2.05) is 12.1 Å². The first-order valence-corrected chi connectivity index (χ1v) is 10.6. The second-order valence-electron chi connectivity index (χ2n) is 7.57. The Morgan fingerprint density at radius 3 is 2.53 bits per heavy atom. The Bertz CT molecular complexity index is 926. The van der Waals surface area contributed by atoms with Crippen molar-refractivity contribution in [3.05, 3.63) is 58.6 Å². The summed E-state index contributed by atoms with van der Waals surface area (Å²) in [5.74, 6) is 1.44. The van der Waals surface area contributed by atoms with Gasteiger partial charge < -0.3 is 14.2 Å². The van der Waals surface area contributed by atoms with E-state index in [2.05, 4.69) is 11.4 Å². The van der Waals surface area contributed by atoms with Gasteiger partial charge in [-0.05, 0) is 48.6 Å². The Balaban J connectivity index is 1.23. The van der Waals surface area contributed by atoms with Crippen molar-refractivity contribution >= 4 is 23.6 Å². The number of cyclic esters (lactones) is 1. The second-order valence-corrected chi connectivity index (χ2v) is 7.98. The third kappa shape index (κ3) is 4.87. The minimum absolute atomic E-state index is 0.442. The molecule has 0 aromatic heterocycles. The van der Waals surface area contributed by atoms with Crippen LogP contribution >= 0.6 is 11.6 Å². The van der Waals surface area contributed by atoms with Crippen LogP contribution in [-0.2, 0) is 9.53 Å². The highest BCUT2D eigenvalue weighted by molar-refractivity contribution is 6.32. The number of rotatable bonds is 8. The highest BCUT2D eigenvalue weighted by Gasteiger charge is 2.33. The van der Waals surface area contributed by atoms with E-state index in [9.17, 15) is 9.59 Å². The quantitative estimate of drug-likeness (QED) is 0.587. The van der Waals surface area contributed by atoms with E-state index in [0.717, 1.165) is 0 Å². The molecule has 2 aliphatic rings. The van der Waals surface area contributed by atoms with Gasteiger partial charge in [0, 0.05) is 12.0 Å². The fourth-order valence-corrected chi connectivity index (χ4v) is 4.16. The van der Waals surface area contributed by atoms with Crippen molar-refractivity contribution in [3.63, 3.8) is 0 Å². The number of alkyl carbamates (subject to hydrolysis) is 1. The molecule has 4 rings (SSSR count). The summed E-state index contributed by atoms with van der Waals surface area (Å²) in [6.07, 6.45) is 4.07. The average Bonchev–Trinajstić information content (AvgIpc) is 3.38. The van der Waals surface area contributed by atoms with Crippen LogP contribution in [0.15, 0.2) is 42.5 Å². The van der Waals surface area contributed by atoms with Gasteiger partial charge in [0.15, 0.2) is 0 Å². The molecule has 7 heteroatoms. The summed E-state index contributed by atoms with van der Waals surface area (Å²) in [5.41, 5.74) is 1.87. The van der Waals surface area contributed by atoms with Crippen LogP contribution in [0, 0.1) is 0 Å². The molecule has 1 aliphatic carbocycles. The molecule has 1 saturated heterocycles. The minimum atomic E-state index is -0.932. The number of carbonyl (C=O) groups is 2. The number of nitrogens with one attached hydrogen (secondary N) is 1. The third-order valence-corrected chi connectivity index (χ3v) is 5.74. The van der Waals surface area contributed by atoms with E-state index < -0.39 is 18.1 Å². The van der Waals surface area contributed by atoms with Gasteiger partial charge >= 0.3 is 6.09 Å². The first kappa shape index (κ1) is 20.5. The second kappa shape index (κ2) is 9.39. The zero-order chi connectivity index (χ0) is 20.9. The molecule has 2 fully saturated rings. The number of amides is 2. The molecule has 1 N–H and O–H groups in total. The van der Waals surface area contributed by atoms with Crippen LogP contribution in [0.3, 0.4) is 0 Å². The van der Waals surface area contributed by atoms with Crippen molar-refractivity contribution in [1.29, 1.82) is 0 Å². The largest absolute Gasteiger partial charge is 0.493 e. The number of hydrogen-bond donors (Lipinski definition) is 1. The molecular formula is C23H24ClNO5. The van der Waals surface area contributed by atoms with E-state index in [1.165, 1.54) is 31.2 Å². The highest BCUT2D eigenvalue weighted by Crippen LogP contribution is 2.37. The summed E-state index contributed by atoms with van der Waals surface area (Å²) in [6, 6.07) is 13.1. The van der Waals surface area contributed by atoms with E-state index in [-0.39, 0.29) is 0 Å². The SMILES string of the molecule is O=C1NC(=O)C(c2cccc(OCCCOc3ccc(C4CCCC4)cc3Cl)c2)O1. The van der Waals surface area contributed by atoms with Gasteiger partial charge in [0.05, 0.1) is 18.2 Å². The van der Waals surface area contributed by atoms with Crippen LogP contribution in [0.25, 0.3) is 0 Å². The first-order valence-electron chi connectivity index (χ1n) is 10.3. The summed E-state index contributed by atoms with van der Waals surface area (Å²) in [6.45, 7) is 0.919. The zero-order valence-electron chi connectivity index (χ0n) is 16.6. The van der Waals surface area contributed by atoms with Gasteiger partial charge in [-0.15, -0.1) is 0 Å². The van der Waals surface area contributed by atoms with Gasteiger partial charge in [-0.25, -0.2) is 4.79 Å². The molecule has 1 unspecified atom stereocenters. The Morgan fingerprint density at radius 2 is 1.80 bits per heavy atom. The molecule has 1 heterocycles. The van der Waals surface area contributed by atoms with Crippen molar-refractivity contribution < 1.29 is 23.8 Å². The maximum Gasteiger partial charge on any atom is 0.415 e. The number of benzene rings is 2. The molecule has 2 amide bonds. The maximum absolute atomic E-state index is 11.7. The summed E-state index contributed by atoms with van der Waals surface area (Å²) < 4.78 is 16.5. The number of hydrogen-bond acceptors (Lipinski definition) is 5. The normalized spacial score (nSPS) is 18.9. The summed E-state index contributed by atoms with van der Waals surface area (Å²) >= 11 is 6.39. The van der Waals surface area contributed by atoms with Crippen LogP contribution in [0.1, 0.15) is 55.3 Å². The Hall–Kier alpha value is -2.73. The van der Waals surface area contributed by atoms with Gasteiger partial charge in [0.1, 0.15) is 11.5 Å². The van der Waals surface area contributed by atoms with E-state index >= 15 is 0 Å². The third-order valence-electron chi connectivity index (χ3n) is 5.45. The van der Waals surface area contributed by atoms with Crippen molar-refractivity contribution in [1.82, 2.24) is 5.32 Å². The van der Waals surface area contributed by atoms with E-state index in [1.54, 1.807) is 24.3 Å². The topological polar surface area (TPSA) is 73.9 Å². The Morgan fingerprint density at radius 1 is 1.00 bits per heavy atom. The standard InChI is InChI=1S/C23H24ClNO5/c24-19-14-16(15-5-1-2-6-15)9-10-20(19)29-12-4-11-28-18-8-3-7-17(13-18)21-22(26)25-23(27)30-21/h3,7-10,13-15,21H,1-2,4-6,11-12H2,(H,25,26,27). The zero-order valence-corrected chi connectivity index (χ0v) is 17.3. The minimum Gasteiger partial charge on any atom is -0.493 e. The lowest BCUT2D eigenvalue weighted by molar-refractivity contribution is -0.123. The number of ether oxygens (including phenoxy) is 3. The molecule has 0 radical (unpaired) electrons. The fraction of sp³-hybridized carbons (Fsp3) is 0.391. The van der Waals surface area contributed by atoms with E-state index in [4.69, 9.17) is 25.8 Å². The summed E-state index contributed by atoms with van der Waals surface area (Å²) in [4.78, 5) is 22.9. The average molecular weight is 430 g/mol. The lowest BCUT2D eigenvalue weighted by Crippen LogP contribution is -2.20. The van der Waals surface area contributed by atoms with Crippen LogP contribution in [0.2, 0.25) is 5.02 Å². The molecule has 1 saturated carbocycles. The summed E-state index contributed by atoms with van der Waals surface area (Å²) in [7, 11) is 0. The predicted molar refractivity (Wildman–Crippen MR) is 112 cm³/mol. The molecular weight excluding hydrogens is 406 g/mol. The van der Waals surface area contributed by atoms with Crippen LogP contribution in [-0.4, -0.2) is 25.2 Å². The van der Waals surface area contributed by atoms with Crippen LogP contribution < -0.4 is 14.8 Å². The van der Waals surface area contributed by atoms with Crippen LogP contribution in [0.4, 0.5) is 4.79 Å². The maximum atomic E-state index is 11.7.